The zero-order valence-corrected chi connectivity index (χ0v) is 19.8. The first-order chi connectivity index (χ1) is 15.5. The summed E-state index contributed by atoms with van der Waals surface area (Å²) in [6.07, 6.45) is 8.55. The SMILES string of the molecule is CC1CCC(F)CC1C(=O)N1CCC(CCCCNC(=O)C2CC3CNCCC3N2)CC1. The van der Waals surface area contributed by atoms with Gasteiger partial charge in [-0.1, -0.05) is 19.8 Å². The van der Waals surface area contributed by atoms with Crippen LogP contribution < -0.4 is 16.0 Å². The number of nitrogens with one attached hydrogen (secondary N) is 3. The maximum atomic E-state index is 13.8. The Labute approximate surface area is 192 Å². The van der Waals surface area contributed by atoms with E-state index in [-0.39, 0.29) is 23.8 Å². The second-order valence-corrected chi connectivity index (χ2v) is 10.9. The van der Waals surface area contributed by atoms with Crippen LogP contribution in [0.15, 0.2) is 0 Å². The Morgan fingerprint density at radius 1 is 1.06 bits per heavy atom. The summed E-state index contributed by atoms with van der Waals surface area (Å²) in [5.74, 6) is 1.81. The maximum Gasteiger partial charge on any atom is 0.237 e. The number of piperidine rings is 2. The Balaban J connectivity index is 1.07. The van der Waals surface area contributed by atoms with Gasteiger partial charge in [-0.15, -0.1) is 0 Å². The monoisotopic (exact) mass is 450 g/mol. The minimum absolute atomic E-state index is 0.0219. The lowest BCUT2D eigenvalue weighted by molar-refractivity contribution is -0.140. The van der Waals surface area contributed by atoms with Crippen molar-refractivity contribution in [3.63, 3.8) is 0 Å². The molecule has 6 unspecified atom stereocenters. The molecular weight excluding hydrogens is 407 g/mol. The van der Waals surface area contributed by atoms with Gasteiger partial charge in [-0.05, 0) is 82.2 Å². The zero-order valence-electron chi connectivity index (χ0n) is 19.8. The van der Waals surface area contributed by atoms with Crippen LogP contribution in [0.1, 0.15) is 71.1 Å². The van der Waals surface area contributed by atoms with E-state index in [1.54, 1.807) is 0 Å². The summed E-state index contributed by atoms with van der Waals surface area (Å²) in [7, 11) is 0. The molecule has 4 aliphatic rings. The number of hydrogen-bond acceptors (Lipinski definition) is 4. The molecule has 0 radical (unpaired) electrons. The average Bonchev–Trinajstić information content (AvgIpc) is 3.25. The number of fused-ring (bicyclic) bond motifs is 1. The van der Waals surface area contributed by atoms with Gasteiger partial charge in [-0.2, -0.15) is 0 Å². The highest BCUT2D eigenvalue weighted by molar-refractivity contribution is 5.82. The van der Waals surface area contributed by atoms with E-state index in [0.29, 0.717) is 36.6 Å². The highest BCUT2D eigenvalue weighted by atomic mass is 19.1. The third kappa shape index (κ3) is 6.02. The van der Waals surface area contributed by atoms with Crippen molar-refractivity contribution in [2.75, 3.05) is 32.7 Å². The molecule has 0 spiro atoms. The van der Waals surface area contributed by atoms with Crippen LogP contribution in [0, 0.1) is 23.7 Å². The molecule has 0 aromatic rings. The Morgan fingerprint density at radius 3 is 2.66 bits per heavy atom. The molecule has 3 heterocycles. The standard InChI is InChI=1S/C25H43FN4O2/c1-17-5-6-20(26)15-21(17)25(32)30-12-8-18(9-13-30)4-2-3-10-28-24(31)23-14-19-16-27-11-7-22(19)29-23/h17-23,27,29H,2-16H2,1H3,(H,28,31). The van der Waals surface area contributed by atoms with Gasteiger partial charge in [0.05, 0.1) is 6.04 Å². The second kappa shape index (κ2) is 11.3. The molecule has 4 fully saturated rings. The average molecular weight is 451 g/mol. The van der Waals surface area contributed by atoms with Crippen LogP contribution in [-0.2, 0) is 9.59 Å². The molecule has 4 rings (SSSR count). The molecule has 2 amide bonds. The van der Waals surface area contributed by atoms with Gasteiger partial charge in [0.1, 0.15) is 6.17 Å². The van der Waals surface area contributed by atoms with Crippen molar-refractivity contribution in [1.29, 1.82) is 0 Å². The predicted molar refractivity (Wildman–Crippen MR) is 124 cm³/mol. The molecule has 1 aliphatic carbocycles. The van der Waals surface area contributed by atoms with Gasteiger partial charge in [0.2, 0.25) is 11.8 Å². The van der Waals surface area contributed by atoms with E-state index in [1.807, 2.05) is 4.90 Å². The number of alkyl halides is 1. The minimum Gasteiger partial charge on any atom is -0.355 e. The molecule has 3 aliphatic heterocycles. The van der Waals surface area contributed by atoms with Crippen LogP contribution in [0.3, 0.4) is 0 Å². The van der Waals surface area contributed by atoms with Crippen molar-refractivity contribution >= 4 is 11.8 Å². The predicted octanol–water partition coefficient (Wildman–Crippen LogP) is 2.63. The smallest absolute Gasteiger partial charge is 0.237 e. The van der Waals surface area contributed by atoms with Crippen LogP contribution >= 0.6 is 0 Å². The Kier molecular flexibility index (Phi) is 8.43. The van der Waals surface area contributed by atoms with Crippen molar-refractivity contribution < 1.29 is 14.0 Å². The third-order valence-corrected chi connectivity index (χ3v) is 8.59. The first-order valence-electron chi connectivity index (χ1n) is 13.2. The zero-order chi connectivity index (χ0) is 22.5. The lowest BCUT2D eigenvalue weighted by atomic mass is 9.78. The summed E-state index contributed by atoms with van der Waals surface area (Å²) in [6, 6.07) is 0.482. The fourth-order valence-corrected chi connectivity index (χ4v) is 6.39. The van der Waals surface area contributed by atoms with Crippen LogP contribution in [-0.4, -0.2) is 67.7 Å². The number of unbranched alkanes of at least 4 members (excludes halogenated alkanes) is 1. The van der Waals surface area contributed by atoms with Crippen molar-refractivity contribution in [1.82, 2.24) is 20.9 Å². The molecular formula is C25H43FN4O2. The number of rotatable bonds is 7. The second-order valence-electron chi connectivity index (χ2n) is 10.9. The lowest BCUT2D eigenvalue weighted by Crippen LogP contribution is -2.45. The molecule has 3 saturated heterocycles. The summed E-state index contributed by atoms with van der Waals surface area (Å²) in [4.78, 5) is 27.4. The number of carbonyl (C=O) groups is 2. The maximum absolute atomic E-state index is 13.8. The van der Waals surface area contributed by atoms with E-state index in [4.69, 9.17) is 0 Å². The van der Waals surface area contributed by atoms with Crippen LogP contribution in [0.25, 0.3) is 0 Å². The first kappa shape index (κ1) is 23.9. The van der Waals surface area contributed by atoms with Crippen molar-refractivity contribution in [3.8, 4) is 0 Å². The summed E-state index contributed by atoms with van der Waals surface area (Å²) in [5, 5.41) is 10.1. The number of nitrogens with zero attached hydrogens (tertiary/aromatic N) is 1. The van der Waals surface area contributed by atoms with E-state index >= 15 is 0 Å². The Hall–Kier alpha value is -1.21. The molecule has 0 bridgehead atoms. The highest BCUT2D eigenvalue weighted by Gasteiger charge is 2.38. The molecule has 7 heteroatoms. The highest BCUT2D eigenvalue weighted by Crippen LogP contribution is 2.34. The number of halogens is 1. The summed E-state index contributed by atoms with van der Waals surface area (Å²) < 4.78 is 13.8. The third-order valence-electron chi connectivity index (χ3n) is 8.59. The van der Waals surface area contributed by atoms with Crippen LogP contribution in [0.5, 0.6) is 0 Å². The molecule has 32 heavy (non-hydrogen) atoms. The van der Waals surface area contributed by atoms with Gasteiger partial charge in [0.25, 0.3) is 0 Å². The largest absolute Gasteiger partial charge is 0.355 e. The van der Waals surface area contributed by atoms with Gasteiger partial charge in [-0.3, -0.25) is 9.59 Å². The molecule has 182 valence electrons. The van der Waals surface area contributed by atoms with Gasteiger partial charge < -0.3 is 20.9 Å². The van der Waals surface area contributed by atoms with Crippen molar-refractivity contribution in [2.45, 2.75) is 89.4 Å². The quantitative estimate of drug-likeness (QED) is 0.522. The topological polar surface area (TPSA) is 73.5 Å². The molecule has 6 atom stereocenters. The first-order valence-corrected chi connectivity index (χ1v) is 13.2. The number of hydrogen-bond donors (Lipinski definition) is 3. The van der Waals surface area contributed by atoms with Gasteiger partial charge in [0.15, 0.2) is 0 Å². The number of amides is 2. The van der Waals surface area contributed by atoms with Gasteiger partial charge in [0, 0.05) is 31.6 Å². The lowest BCUT2D eigenvalue weighted by Gasteiger charge is -2.38. The fourth-order valence-electron chi connectivity index (χ4n) is 6.39. The molecule has 3 N–H and O–H groups in total. The normalized spacial score (nSPS) is 36.0. The van der Waals surface area contributed by atoms with E-state index in [0.717, 1.165) is 77.7 Å². The molecule has 0 aromatic heterocycles. The fraction of sp³-hybridized carbons (Fsp3) is 0.920. The van der Waals surface area contributed by atoms with Crippen molar-refractivity contribution in [3.05, 3.63) is 0 Å². The van der Waals surface area contributed by atoms with Crippen molar-refractivity contribution in [2.24, 2.45) is 23.7 Å². The number of carbonyl (C=O) groups excluding carboxylic acids is 2. The van der Waals surface area contributed by atoms with E-state index < -0.39 is 6.17 Å². The Bertz CT molecular complexity index is 625. The molecule has 0 aromatic carbocycles. The van der Waals surface area contributed by atoms with E-state index in [1.165, 1.54) is 6.42 Å². The van der Waals surface area contributed by atoms with Gasteiger partial charge >= 0.3 is 0 Å². The van der Waals surface area contributed by atoms with E-state index in [2.05, 4.69) is 22.9 Å². The molecule has 6 nitrogen and oxygen atoms in total. The Morgan fingerprint density at radius 2 is 1.88 bits per heavy atom. The number of likely N-dealkylation sites (tertiary alicyclic amines) is 1. The van der Waals surface area contributed by atoms with E-state index in [9.17, 15) is 14.0 Å². The summed E-state index contributed by atoms with van der Waals surface area (Å²) in [5.41, 5.74) is 0. The van der Waals surface area contributed by atoms with Crippen LogP contribution in [0.4, 0.5) is 4.39 Å². The van der Waals surface area contributed by atoms with Crippen LogP contribution in [0.2, 0.25) is 0 Å². The van der Waals surface area contributed by atoms with Gasteiger partial charge in [-0.25, -0.2) is 4.39 Å². The minimum atomic E-state index is -0.802. The summed E-state index contributed by atoms with van der Waals surface area (Å²) in [6.45, 7) is 6.59. The summed E-state index contributed by atoms with van der Waals surface area (Å²) >= 11 is 0. The molecule has 1 saturated carbocycles.